The Bertz CT molecular complexity index is 3640. The van der Waals surface area contributed by atoms with Gasteiger partial charge in [-0.2, -0.15) is 5.10 Å². The van der Waals surface area contributed by atoms with Crippen molar-refractivity contribution in [3.8, 4) is 101 Å². The van der Waals surface area contributed by atoms with Crippen molar-refractivity contribution in [2.75, 3.05) is 0 Å². The monoisotopic (exact) mass is 853 g/mol. The quantitative estimate of drug-likeness (QED) is 0.145. The Hall–Kier alpha value is -8.92. The minimum atomic E-state index is 0.917. The van der Waals surface area contributed by atoms with E-state index in [0.717, 1.165) is 106 Å². The van der Waals surface area contributed by atoms with Crippen LogP contribution in [0.4, 0.5) is 0 Å². The molecule has 0 bridgehead atoms. The van der Waals surface area contributed by atoms with Crippen molar-refractivity contribution in [1.29, 1.82) is 0 Å². The Morgan fingerprint density at radius 1 is 0.269 bits per heavy atom. The van der Waals surface area contributed by atoms with E-state index < -0.39 is 0 Å². The minimum absolute atomic E-state index is 0.917. The molecule has 314 valence electrons. The van der Waals surface area contributed by atoms with E-state index in [2.05, 4.69) is 265 Å². The van der Waals surface area contributed by atoms with Crippen LogP contribution in [0.2, 0.25) is 0 Å². The fraction of sp³-hybridized carbons (Fsp3) is 0. The van der Waals surface area contributed by atoms with Gasteiger partial charge in [0, 0.05) is 33.2 Å². The van der Waals surface area contributed by atoms with Gasteiger partial charge in [0.1, 0.15) is 5.69 Å². The molecule has 67 heavy (non-hydrogen) atoms. The van der Waals surface area contributed by atoms with E-state index in [1.807, 2.05) is 0 Å². The fourth-order valence-corrected chi connectivity index (χ4v) is 9.55. The summed E-state index contributed by atoms with van der Waals surface area (Å²) in [5.74, 6) is 0. The van der Waals surface area contributed by atoms with E-state index in [1.54, 1.807) is 0 Å². The van der Waals surface area contributed by atoms with Gasteiger partial charge in [0.15, 0.2) is 0 Å². The van der Waals surface area contributed by atoms with Gasteiger partial charge in [-0.15, -0.1) is 0 Å². The fourth-order valence-electron chi connectivity index (χ4n) is 9.55. The first-order valence-electron chi connectivity index (χ1n) is 22.8. The molecule has 9 aromatic carbocycles. The Labute approximate surface area is 390 Å². The molecule has 0 aliphatic carbocycles. The molecule has 0 atom stereocenters. The Morgan fingerprint density at radius 3 is 1.30 bits per heavy atom. The highest BCUT2D eigenvalue weighted by molar-refractivity contribution is 6.12. The molecule has 12 rings (SSSR count). The lowest BCUT2D eigenvalue weighted by molar-refractivity contribution is 0.979. The molecule has 3 heterocycles. The maximum atomic E-state index is 5.46. The smallest absolute Gasteiger partial charge is 0.101 e. The van der Waals surface area contributed by atoms with E-state index in [0.29, 0.717) is 0 Å². The summed E-state index contributed by atoms with van der Waals surface area (Å²) in [4.78, 5) is 5.41. The van der Waals surface area contributed by atoms with Gasteiger partial charge in [-0.1, -0.05) is 218 Å². The lowest BCUT2D eigenvalue weighted by Gasteiger charge is -2.15. The zero-order valence-corrected chi connectivity index (χ0v) is 36.7. The summed E-state index contributed by atoms with van der Waals surface area (Å²) in [6.07, 6.45) is 0. The summed E-state index contributed by atoms with van der Waals surface area (Å²) >= 11 is 0. The van der Waals surface area contributed by atoms with Crippen molar-refractivity contribution in [3.63, 3.8) is 0 Å². The number of hydrogen-bond donors (Lipinski definition) is 0. The Kier molecular flexibility index (Phi) is 10.2. The second kappa shape index (κ2) is 17.2. The molecule has 0 radical (unpaired) electrons. The number of aromatic nitrogens is 3. The van der Waals surface area contributed by atoms with Crippen LogP contribution in [0.15, 0.2) is 261 Å². The Balaban J connectivity index is 1.07. The highest BCUT2D eigenvalue weighted by Gasteiger charge is 2.23. The Morgan fingerprint density at radius 2 is 0.701 bits per heavy atom. The zero-order valence-electron chi connectivity index (χ0n) is 36.7. The van der Waals surface area contributed by atoms with Crippen LogP contribution in [0, 0.1) is 0 Å². The third-order valence-electron chi connectivity index (χ3n) is 12.8. The normalized spacial score (nSPS) is 11.3. The number of benzene rings is 9. The average molecular weight is 854 g/mol. The van der Waals surface area contributed by atoms with Crippen molar-refractivity contribution in [2.24, 2.45) is 0 Å². The molecule has 0 aliphatic rings. The topological polar surface area (TPSA) is 30.2 Å². The third kappa shape index (κ3) is 7.59. The van der Waals surface area contributed by atoms with Crippen molar-refractivity contribution in [3.05, 3.63) is 261 Å². The number of rotatable bonds is 9. The molecule has 3 heteroatoms. The van der Waals surface area contributed by atoms with Crippen LogP contribution >= 0.6 is 0 Å². The number of hydrogen-bond acceptors (Lipinski definition) is 2. The van der Waals surface area contributed by atoms with Gasteiger partial charge in [0.05, 0.1) is 22.6 Å². The summed E-state index contributed by atoms with van der Waals surface area (Å²) in [5, 5.41) is 7.77. The summed E-state index contributed by atoms with van der Waals surface area (Å²) in [5.41, 5.74) is 20.6. The van der Waals surface area contributed by atoms with Crippen LogP contribution in [0.1, 0.15) is 0 Å². The van der Waals surface area contributed by atoms with Crippen molar-refractivity contribution in [2.45, 2.75) is 0 Å². The molecule has 0 saturated carbocycles. The van der Waals surface area contributed by atoms with Gasteiger partial charge < -0.3 is 0 Å². The predicted octanol–water partition coefficient (Wildman–Crippen LogP) is 16.9. The molecule has 3 nitrogen and oxygen atoms in total. The van der Waals surface area contributed by atoms with Gasteiger partial charge >= 0.3 is 0 Å². The minimum Gasteiger partial charge on any atom is -0.248 e. The second-order valence-electron chi connectivity index (χ2n) is 17.0. The summed E-state index contributed by atoms with van der Waals surface area (Å²) in [6, 6.07) is 93.1. The van der Waals surface area contributed by atoms with Crippen molar-refractivity contribution < 1.29 is 0 Å². The molecule has 0 amide bonds. The first-order valence-corrected chi connectivity index (χ1v) is 22.8. The summed E-state index contributed by atoms with van der Waals surface area (Å²) in [7, 11) is 0. The SMILES string of the molecule is c1ccc(-c2cc(-c3ccccc3)cc(-c3cc(-c4cccc(-c5cccc6c5cc(-c5ccccc5)n5nc(-c7ccccc7)c(-c7ccccc7)c65)c4)cc(-c4ccccc4)n3)c2)cc1. The largest absolute Gasteiger partial charge is 0.248 e. The molecule has 0 aliphatic heterocycles. The van der Waals surface area contributed by atoms with Crippen LogP contribution in [-0.4, -0.2) is 14.6 Å². The molecule has 0 spiro atoms. The van der Waals surface area contributed by atoms with E-state index in [4.69, 9.17) is 10.1 Å². The summed E-state index contributed by atoms with van der Waals surface area (Å²) < 4.78 is 2.17. The lowest BCUT2D eigenvalue weighted by Crippen LogP contribution is -1.97. The van der Waals surface area contributed by atoms with Crippen molar-refractivity contribution in [1.82, 2.24) is 14.6 Å². The first kappa shape index (κ1) is 39.7. The highest BCUT2D eigenvalue weighted by atomic mass is 15.2. The average Bonchev–Trinajstić information content (AvgIpc) is 3.83. The molecule has 12 aromatic rings. The molecule has 3 aromatic heterocycles. The van der Waals surface area contributed by atoms with Crippen LogP contribution in [-0.2, 0) is 0 Å². The van der Waals surface area contributed by atoms with Crippen LogP contribution in [0.3, 0.4) is 0 Å². The summed E-state index contributed by atoms with van der Waals surface area (Å²) in [6.45, 7) is 0. The standard InChI is InChI=1S/C64H43N3/c1-7-21-44(22-8-1)52-38-53(45-23-9-2-10-24-45)40-55(39-52)60-42-54(41-59(65-60)46-25-11-3-12-26-46)50-33-19-34-51(37-50)56-35-20-36-57-58(56)43-61(47-27-13-4-14-28-47)67-64(57)62(48-29-15-5-16-30-48)63(66-67)49-31-17-6-18-32-49/h1-43H. The third-order valence-corrected chi connectivity index (χ3v) is 12.8. The lowest BCUT2D eigenvalue weighted by atomic mass is 9.91. The van der Waals surface area contributed by atoms with E-state index >= 15 is 0 Å². The molecule has 0 unspecified atom stereocenters. The maximum Gasteiger partial charge on any atom is 0.101 e. The second-order valence-corrected chi connectivity index (χ2v) is 17.0. The van der Waals surface area contributed by atoms with Crippen LogP contribution < -0.4 is 0 Å². The maximum absolute atomic E-state index is 5.46. The number of nitrogens with zero attached hydrogens (tertiary/aromatic N) is 3. The van der Waals surface area contributed by atoms with Gasteiger partial charge in [0.25, 0.3) is 0 Å². The van der Waals surface area contributed by atoms with Crippen LogP contribution in [0.25, 0.3) is 117 Å². The van der Waals surface area contributed by atoms with Crippen LogP contribution in [0.5, 0.6) is 0 Å². The van der Waals surface area contributed by atoms with Gasteiger partial charge in [-0.25, -0.2) is 9.50 Å². The van der Waals surface area contributed by atoms with Gasteiger partial charge in [0.2, 0.25) is 0 Å². The van der Waals surface area contributed by atoms with Gasteiger partial charge in [-0.05, 0) is 97.9 Å². The molecular formula is C64H43N3. The van der Waals surface area contributed by atoms with Crippen molar-refractivity contribution >= 4 is 16.3 Å². The highest BCUT2D eigenvalue weighted by Crippen LogP contribution is 2.44. The molecule has 0 saturated heterocycles. The van der Waals surface area contributed by atoms with Gasteiger partial charge in [-0.3, -0.25) is 0 Å². The zero-order chi connectivity index (χ0) is 44.5. The number of fused-ring (bicyclic) bond motifs is 3. The molecular weight excluding hydrogens is 811 g/mol. The predicted molar refractivity (Wildman–Crippen MR) is 279 cm³/mol. The first-order chi connectivity index (χ1) is 33.2. The molecule has 0 fully saturated rings. The van der Waals surface area contributed by atoms with E-state index in [-0.39, 0.29) is 0 Å². The van der Waals surface area contributed by atoms with E-state index in [9.17, 15) is 0 Å². The molecule has 0 N–H and O–H groups in total. The number of pyridine rings is 2. The van der Waals surface area contributed by atoms with E-state index in [1.165, 1.54) is 11.1 Å².